The highest BCUT2D eigenvalue weighted by atomic mass is 32.1. The van der Waals surface area contributed by atoms with Crippen LogP contribution in [-0.4, -0.2) is 52.8 Å². The van der Waals surface area contributed by atoms with Gasteiger partial charge in [-0.3, -0.25) is 0 Å². The van der Waals surface area contributed by atoms with Crippen molar-refractivity contribution in [2.45, 2.75) is 162 Å². The fourth-order valence-corrected chi connectivity index (χ4v) is 9.00. The quantitative estimate of drug-likeness (QED) is 0.126. The summed E-state index contributed by atoms with van der Waals surface area (Å²) in [6, 6.07) is 14.8. The van der Waals surface area contributed by atoms with Gasteiger partial charge < -0.3 is 19.9 Å². The first-order chi connectivity index (χ1) is 26.4. The number of aliphatic hydroxyl groups excluding tert-OH is 1. The second-order valence-corrected chi connectivity index (χ2v) is 18.6. The number of carbonyl (C=O) groups is 2. The molecular weight excluding hydrogens is 762 g/mol. The minimum absolute atomic E-state index is 0.0181. The van der Waals surface area contributed by atoms with Crippen molar-refractivity contribution in [2.75, 3.05) is 5.75 Å². The highest BCUT2D eigenvalue weighted by molar-refractivity contribution is 7.80. The van der Waals surface area contributed by atoms with E-state index in [0.717, 1.165) is 50.5 Å². The lowest BCUT2D eigenvalue weighted by molar-refractivity contribution is -0.284. The molecule has 322 valence electrons. The number of nitrogens with one attached hydrogen (secondary N) is 1. The first-order valence-electron chi connectivity index (χ1n) is 20.6. The molecule has 0 saturated heterocycles. The van der Waals surface area contributed by atoms with Crippen molar-refractivity contribution in [2.24, 2.45) is 28.6 Å². The van der Waals surface area contributed by atoms with E-state index < -0.39 is 42.2 Å². The lowest BCUT2D eigenvalue weighted by atomic mass is 9.52. The molecule has 2 aromatic carbocycles. The van der Waals surface area contributed by atoms with Gasteiger partial charge in [-0.15, -0.1) is 0 Å². The van der Waals surface area contributed by atoms with Gasteiger partial charge in [0.1, 0.15) is 17.4 Å². The summed E-state index contributed by atoms with van der Waals surface area (Å²) in [6.45, 7) is 18.7. The number of halogens is 5. The molecule has 0 heterocycles. The molecule has 2 fully saturated rings. The van der Waals surface area contributed by atoms with Crippen LogP contribution < -0.4 is 10.1 Å². The van der Waals surface area contributed by atoms with Crippen LogP contribution in [0.3, 0.4) is 0 Å². The topological polar surface area (TPSA) is 84.9 Å². The summed E-state index contributed by atoms with van der Waals surface area (Å²) >= 11 is 3.53. The number of carbonyl (C=O) groups excluding carboxylic acids is 2. The van der Waals surface area contributed by atoms with Crippen LogP contribution in [0.2, 0.25) is 0 Å². The molecule has 0 spiro atoms. The molecule has 2 saturated carbocycles. The fourth-order valence-electron chi connectivity index (χ4n) is 8.84. The van der Waals surface area contributed by atoms with Crippen LogP contribution in [0.1, 0.15) is 136 Å². The summed E-state index contributed by atoms with van der Waals surface area (Å²) in [5, 5.41) is 13.8. The van der Waals surface area contributed by atoms with Crippen molar-refractivity contribution in [3.8, 4) is 5.75 Å². The number of alkyl halides is 5. The molecular formula is C45H66F5NO5S. The van der Waals surface area contributed by atoms with E-state index in [1.807, 2.05) is 77.1 Å². The molecule has 5 rings (SSSR count). The lowest BCUT2D eigenvalue weighted by Crippen LogP contribution is -2.47. The number of amides is 1. The summed E-state index contributed by atoms with van der Waals surface area (Å²) in [5.74, 6) is -2.40. The number of rotatable bonds is 10. The van der Waals surface area contributed by atoms with E-state index in [0.29, 0.717) is 35.8 Å². The van der Waals surface area contributed by atoms with E-state index in [9.17, 15) is 36.6 Å². The largest absolute Gasteiger partial charge is 0.458 e. The van der Waals surface area contributed by atoms with Gasteiger partial charge in [0.15, 0.2) is 0 Å². The molecule has 7 atom stereocenters. The van der Waals surface area contributed by atoms with Gasteiger partial charge in [0.2, 0.25) is 0 Å². The van der Waals surface area contributed by atoms with Gasteiger partial charge in [0, 0.05) is 12.8 Å². The van der Waals surface area contributed by atoms with Crippen molar-refractivity contribution >= 4 is 24.7 Å². The summed E-state index contributed by atoms with van der Waals surface area (Å²) in [6.07, 6.45) is 0.0655. The van der Waals surface area contributed by atoms with Crippen molar-refractivity contribution in [1.82, 2.24) is 5.32 Å². The smallest absolute Gasteiger partial charge is 0.453 e. The van der Waals surface area contributed by atoms with E-state index >= 15 is 0 Å². The minimum atomic E-state index is -5.42. The highest BCUT2D eigenvalue weighted by Crippen LogP contribution is 2.63. The first kappa shape index (κ1) is 48.5. The van der Waals surface area contributed by atoms with Crippen molar-refractivity contribution in [1.29, 1.82) is 0 Å². The number of thiol groups is 1. The second-order valence-electron chi connectivity index (χ2n) is 18.2. The number of benzene rings is 2. The molecule has 2 aromatic rings. The number of esters is 1. The number of ether oxygens (including phenoxy) is 2. The van der Waals surface area contributed by atoms with Gasteiger partial charge in [-0.05, 0) is 141 Å². The monoisotopic (exact) mass is 827 g/mol. The van der Waals surface area contributed by atoms with Crippen LogP contribution >= 0.6 is 12.6 Å². The predicted octanol–water partition coefficient (Wildman–Crippen LogP) is 11.9. The summed E-state index contributed by atoms with van der Waals surface area (Å²) < 4.78 is 69.5. The fraction of sp³-hybridized carbons (Fsp3) is 0.689. The number of hydrogen-bond donors (Lipinski definition) is 3. The van der Waals surface area contributed by atoms with Crippen LogP contribution in [0, 0.1) is 28.6 Å². The van der Waals surface area contributed by atoms with Gasteiger partial charge in [-0.1, -0.05) is 77.9 Å². The first-order valence-corrected chi connectivity index (χ1v) is 21.2. The molecule has 0 bridgehead atoms. The third-order valence-electron chi connectivity index (χ3n) is 11.6. The van der Waals surface area contributed by atoms with E-state index in [1.54, 1.807) is 0 Å². The molecule has 3 aliphatic carbocycles. The molecule has 6 unspecified atom stereocenters. The molecule has 0 radical (unpaired) electrons. The predicted molar refractivity (Wildman–Crippen MR) is 219 cm³/mol. The Morgan fingerprint density at radius 3 is 2.18 bits per heavy atom. The molecule has 12 heteroatoms. The average Bonchev–Trinajstić information content (AvgIpc) is 3.42. The molecule has 3 aliphatic rings. The molecule has 57 heavy (non-hydrogen) atoms. The zero-order chi connectivity index (χ0) is 43.0. The Hall–Kier alpha value is -2.86. The van der Waals surface area contributed by atoms with Gasteiger partial charge in [0.25, 0.3) is 0 Å². The number of fused-ring (bicyclic) bond motifs is 5. The highest BCUT2D eigenvalue weighted by Gasteiger charge is 2.57. The Morgan fingerprint density at radius 1 is 0.947 bits per heavy atom. The van der Waals surface area contributed by atoms with Crippen LogP contribution in [0.15, 0.2) is 48.5 Å². The van der Waals surface area contributed by atoms with E-state index in [-0.39, 0.29) is 29.1 Å². The maximum absolute atomic E-state index is 13.2. The van der Waals surface area contributed by atoms with E-state index in [4.69, 9.17) is 9.47 Å². The Bertz CT molecular complexity index is 1590. The maximum atomic E-state index is 13.2. The third-order valence-corrected chi connectivity index (χ3v) is 11.9. The normalized spacial score (nSPS) is 24.9. The molecule has 0 aromatic heterocycles. The van der Waals surface area contributed by atoms with Crippen molar-refractivity contribution in [3.63, 3.8) is 0 Å². The van der Waals surface area contributed by atoms with Crippen LogP contribution in [0.25, 0.3) is 0 Å². The molecule has 0 aliphatic heterocycles. The lowest BCUT2D eigenvalue weighted by Gasteiger charge is -2.53. The third kappa shape index (κ3) is 13.3. The van der Waals surface area contributed by atoms with Gasteiger partial charge in [-0.25, -0.2) is 9.59 Å². The SMILES string of the molecule is CC.CC(C)(C)CC[C@@H]1Cc2cc(OC(=O)NC(Cc3ccccc3)C(=O)OC(C)(C)C)ccc2C2CCC3(C)C(O)CCC3C21.FC(F)(F)C(F)(F)CCCS. The average molecular weight is 828 g/mol. The van der Waals surface area contributed by atoms with Gasteiger partial charge in [0.05, 0.1) is 6.10 Å². The standard InChI is InChI=1S/C38H53NO5.C5H7F5S.C2H6/c1-36(2,3)19-17-25-22-26-23-27(13-14-28(26)29-18-20-38(7)30(33(25)29)15-16-32(38)40)43-35(42)39-31(34(41)44-37(4,5)6)21-24-11-9-8-10-12-24;6-4(7,2-1-3-11)5(8,9)10;1-2/h8-14,23,25,29-33,40H,15-22H2,1-7H3,(H,39,42);11H,1-3H2;1-2H3/t25-,29?,30?,31?,32?,33?,38?;;/m1../s1. The zero-order valence-electron chi connectivity index (χ0n) is 35.3. The minimum Gasteiger partial charge on any atom is -0.458 e. The summed E-state index contributed by atoms with van der Waals surface area (Å²) in [7, 11) is 0. The van der Waals surface area contributed by atoms with Crippen molar-refractivity contribution in [3.05, 3.63) is 65.2 Å². The van der Waals surface area contributed by atoms with E-state index in [2.05, 4.69) is 51.7 Å². The van der Waals surface area contributed by atoms with Crippen LogP contribution in [0.5, 0.6) is 5.75 Å². The maximum Gasteiger partial charge on any atom is 0.453 e. The Labute approximate surface area is 342 Å². The zero-order valence-corrected chi connectivity index (χ0v) is 36.2. The van der Waals surface area contributed by atoms with Gasteiger partial charge >= 0.3 is 24.2 Å². The molecule has 1 amide bonds. The number of aliphatic hydroxyl groups is 1. The van der Waals surface area contributed by atoms with Crippen molar-refractivity contribution < 1.29 is 46.1 Å². The Balaban J connectivity index is 0.000000579. The Morgan fingerprint density at radius 2 is 1.60 bits per heavy atom. The van der Waals surface area contributed by atoms with Gasteiger partial charge in [-0.2, -0.15) is 34.6 Å². The van der Waals surface area contributed by atoms with Crippen LogP contribution in [-0.2, 0) is 22.4 Å². The summed E-state index contributed by atoms with van der Waals surface area (Å²) in [5.41, 5.74) is 3.18. The van der Waals surface area contributed by atoms with Crippen LogP contribution in [0.4, 0.5) is 26.7 Å². The summed E-state index contributed by atoms with van der Waals surface area (Å²) in [4.78, 5) is 26.2. The Kier molecular flexibility index (Phi) is 17.0. The second kappa shape index (κ2) is 19.9. The molecule has 2 N–H and O–H groups in total. The number of hydrogen-bond acceptors (Lipinski definition) is 6. The van der Waals surface area contributed by atoms with E-state index in [1.165, 1.54) is 11.1 Å². The molecule has 6 nitrogen and oxygen atoms in total.